The van der Waals surface area contributed by atoms with Crippen LogP contribution in [0.3, 0.4) is 0 Å². The zero-order chi connectivity index (χ0) is 17.3. The first-order valence-corrected chi connectivity index (χ1v) is 9.30. The van der Waals surface area contributed by atoms with Crippen molar-refractivity contribution in [2.24, 2.45) is 0 Å². The Morgan fingerprint density at radius 3 is 2.75 bits per heavy atom. The van der Waals surface area contributed by atoms with Gasteiger partial charge in [0.25, 0.3) is 5.91 Å². The number of hydrogen-bond acceptors (Lipinski definition) is 5. The molecule has 2 aromatic rings. The molecule has 24 heavy (non-hydrogen) atoms. The van der Waals surface area contributed by atoms with Crippen LogP contribution >= 0.6 is 11.8 Å². The Labute approximate surface area is 146 Å². The van der Waals surface area contributed by atoms with Gasteiger partial charge in [0.1, 0.15) is 5.69 Å². The maximum Gasteiger partial charge on any atom is 0.272 e. The minimum Gasteiger partial charge on any atom is -0.368 e. The van der Waals surface area contributed by atoms with E-state index in [1.165, 1.54) is 16.0 Å². The fraction of sp³-hybridized carbons (Fsp3) is 0.389. The van der Waals surface area contributed by atoms with E-state index in [-0.39, 0.29) is 17.8 Å². The third-order valence-corrected chi connectivity index (χ3v) is 5.01. The molecule has 126 valence electrons. The molecule has 0 radical (unpaired) electrons. The van der Waals surface area contributed by atoms with Gasteiger partial charge in [-0.3, -0.25) is 4.79 Å². The standard InChI is InChI=1S/C18H22N4OS/c1-11(2)15-9-16(21-18(19)20-15)17(23)22-7-6-12-8-14(24-3)5-4-13(12)10-22/h4-5,8-9,11H,6-7,10H2,1-3H3,(H2,19,20,21). The molecular formula is C18H22N4OS. The highest BCUT2D eigenvalue weighted by molar-refractivity contribution is 7.98. The second-order valence-electron chi connectivity index (χ2n) is 6.30. The molecule has 1 aliphatic rings. The summed E-state index contributed by atoms with van der Waals surface area (Å²) in [5.74, 6) is 0.283. The average Bonchev–Trinajstić information content (AvgIpc) is 2.59. The molecule has 0 aliphatic carbocycles. The van der Waals surface area contributed by atoms with Gasteiger partial charge in [-0.1, -0.05) is 19.9 Å². The van der Waals surface area contributed by atoms with Crippen molar-refractivity contribution in [3.05, 3.63) is 46.8 Å². The topological polar surface area (TPSA) is 72.1 Å². The van der Waals surface area contributed by atoms with Gasteiger partial charge in [-0.05, 0) is 47.9 Å². The molecule has 0 bridgehead atoms. The normalized spacial score (nSPS) is 13.9. The third kappa shape index (κ3) is 3.38. The fourth-order valence-corrected chi connectivity index (χ4v) is 3.35. The second-order valence-corrected chi connectivity index (χ2v) is 7.18. The molecule has 2 N–H and O–H groups in total. The molecule has 0 saturated heterocycles. The molecule has 1 aromatic carbocycles. The van der Waals surface area contributed by atoms with Crippen LogP contribution < -0.4 is 5.73 Å². The third-order valence-electron chi connectivity index (χ3n) is 4.29. The van der Waals surface area contributed by atoms with Crippen LogP contribution in [0.5, 0.6) is 0 Å². The monoisotopic (exact) mass is 342 g/mol. The number of rotatable bonds is 3. The molecule has 0 spiro atoms. The lowest BCUT2D eigenvalue weighted by molar-refractivity contribution is 0.0728. The fourth-order valence-electron chi connectivity index (χ4n) is 2.88. The van der Waals surface area contributed by atoms with Crippen molar-refractivity contribution in [1.82, 2.24) is 14.9 Å². The summed E-state index contributed by atoms with van der Waals surface area (Å²) in [7, 11) is 0. The summed E-state index contributed by atoms with van der Waals surface area (Å²) in [6, 6.07) is 8.21. The molecule has 6 heteroatoms. The molecule has 0 unspecified atom stereocenters. The average molecular weight is 342 g/mol. The zero-order valence-electron chi connectivity index (χ0n) is 14.2. The Morgan fingerprint density at radius 1 is 1.25 bits per heavy atom. The van der Waals surface area contributed by atoms with E-state index in [1.54, 1.807) is 17.8 Å². The number of amides is 1. The number of aromatic nitrogens is 2. The van der Waals surface area contributed by atoms with E-state index in [0.29, 0.717) is 18.8 Å². The van der Waals surface area contributed by atoms with Crippen LogP contribution in [0, 0.1) is 0 Å². The molecule has 3 rings (SSSR count). The van der Waals surface area contributed by atoms with Crippen molar-refractivity contribution in [2.45, 2.75) is 37.6 Å². The van der Waals surface area contributed by atoms with E-state index in [4.69, 9.17) is 5.73 Å². The highest BCUT2D eigenvalue weighted by Crippen LogP contribution is 2.25. The van der Waals surface area contributed by atoms with Crippen LogP contribution in [0.1, 0.15) is 47.1 Å². The molecule has 0 atom stereocenters. The first-order valence-electron chi connectivity index (χ1n) is 8.07. The van der Waals surface area contributed by atoms with Gasteiger partial charge in [-0.25, -0.2) is 9.97 Å². The summed E-state index contributed by atoms with van der Waals surface area (Å²) >= 11 is 1.74. The van der Waals surface area contributed by atoms with Crippen LogP contribution in [-0.2, 0) is 13.0 Å². The van der Waals surface area contributed by atoms with Crippen molar-refractivity contribution >= 4 is 23.6 Å². The Hall–Kier alpha value is -2.08. The quantitative estimate of drug-likeness (QED) is 0.868. The molecule has 1 aliphatic heterocycles. The van der Waals surface area contributed by atoms with Crippen LogP contribution in [-0.4, -0.2) is 33.6 Å². The van der Waals surface area contributed by atoms with Crippen LogP contribution in [0.2, 0.25) is 0 Å². The van der Waals surface area contributed by atoms with E-state index < -0.39 is 0 Å². The lowest BCUT2D eigenvalue weighted by Crippen LogP contribution is -2.36. The van der Waals surface area contributed by atoms with Gasteiger partial charge in [0.05, 0.1) is 0 Å². The molecule has 5 nitrogen and oxygen atoms in total. The lowest BCUT2D eigenvalue weighted by Gasteiger charge is -2.29. The first kappa shape index (κ1) is 16.8. The summed E-state index contributed by atoms with van der Waals surface area (Å²) in [4.78, 5) is 24.3. The Balaban J connectivity index is 1.84. The minimum absolute atomic E-state index is 0.0782. The highest BCUT2D eigenvalue weighted by Gasteiger charge is 2.24. The number of thioether (sulfide) groups is 1. The van der Waals surface area contributed by atoms with E-state index in [9.17, 15) is 4.79 Å². The number of hydrogen-bond donors (Lipinski definition) is 1. The zero-order valence-corrected chi connectivity index (χ0v) is 15.1. The van der Waals surface area contributed by atoms with E-state index in [1.807, 2.05) is 18.7 Å². The van der Waals surface area contributed by atoms with Gasteiger partial charge in [-0.2, -0.15) is 0 Å². The number of carbonyl (C=O) groups excluding carboxylic acids is 1. The van der Waals surface area contributed by atoms with Gasteiger partial charge in [0, 0.05) is 23.7 Å². The Bertz CT molecular complexity index is 776. The largest absolute Gasteiger partial charge is 0.368 e. The summed E-state index contributed by atoms with van der Waals surface area (Å²) in [5.41, 5.74) is 9.50. The maximum absolute atomic E-state index is 12.8. The Kier molecular flexibility index (Phi) is 4.76. The molecule has 0 saturated carbocycles. The van der Waals surface area contributed by atoms with E-state index in [2.05, 4.69) is 34.4 Å². The number of nitrogens with two attached hydrogens (primary N) is 1. The van der Waals surface area contributed by atoms with Gasteiger partial charge in [0.15, 0.2) is 0 Å². The summed E-state index contributed by atoms with van der Waals surface area (Å²) in [6.45, 7) is 5.36. The van der Waals surface area contributed by atoms with Crippen LogP contribution in [0.25, 0.3) is 0 Å². The van der Waals surface area contributed by atoms with Gasteiger partial charge < -0.3 is 10.6 Å². The van der Waals surface area contributed by atoms with E-state index >= 15 is 0 Å². The van der Waals surface area contributed by atoms with Gasteiger partial charge in [-0.15, -0.1) is 11.8 Å². The molecule has 1 amide bonds. The van der Waals surface area contributed by atoms with Crippen LogP contribution in [0.15, 0.2) is 29.2 Å². The number of nitrogens with zero attached hydrogens (tertiary/aromatic N) is 3. The molecule has 1 aromatic heterocycles. The number of carbonyl (C=O) groups is 1. The van der Waals surface area contributed by atoms with Crippen molar-refractivity contribution < 1.29 is 4.79 Å². The van der Waals surface area contributed by atoms with Crippen molar-refractivity contribution in [3.63, 3.8) is 0 Å². The predicted octanol–water partition coefficient (Wildman–Crippen LogP) is 3.10. The van der Waals surface area contributed by atoms with Gasteiger partial charge >= 0.3 is 0 Å². The van der Waals surface area contributed by atoms with E-state index in [0.717, 1.165) is 12.1 Å². The molecular weight excluding hydrogens is 320 g/mol. The SMILES string of the molecule is CSc1ccc2c(c1)CCN(C(=O)c1cc(C(C)C)nc(N)n1)C2. The number of benzene rings is 1. The minimum atomic E-state index is -0.0782. The number of fused-ring (bicyclic) bond motifs is 1. The number of nitrogen functional groups attached to an aromatic ring is 1. The molecule has 2 heterocycles. The number of anilines is 1. The maximum atomic E-state index is 12.8. The lowest BCUT2D eigenvalue weighted by atomic mass is 9.99. The second kappa shape index (κ2) is 6.81. The first-order chi connectivity index (χ1) is 11.5. The van der Waals surface area contributed by atoms with Crippen molar-refractivity contribution in [1.29, 1.82) is 0 Å². The highest BCUT2D eigenvalue weighted by atomic mass is 32.2. The van der Waals surface area contributed by atoms with Crippen molar-refractivity contribution in [2.75, 3.05) is 18.5 Å². The molecule has 0 fully saturated rings. The Morgan fingerprint density at radius 2 is 2.04 bits per heavy atom. The predicted molar refractivity (Wildman–Crippen MR) is 97.2 cm³/mol. The summed E-state index contributed by atoms with van der Waals surface area (Å²) in [6.07, 6.45) is 2.94. The smallest absolute Gasteiger partial charge is 0.272 e. The summed E-state index contributed by atoms with van der Waals surface area (Å²) in [5, 5.41) is 0. The van der Waals surface area contributed by atoms with Crippen LogP contribution in [0.4, 0.5) is 5.95 Å². The van der Waals surface area contributed by atoms with Crippen molar-refractivity contribution in [3.8, 4) is 0 Å². The van der Waals surface area contributed by atoms with Gasteiger partial charge in [0.2, 0.25) is 5.95 Å². The summed E-state index contributed by atoms with van der Waals surface area (Å²) < 4.78 is 0.